The number of amides is 1. The van der Waals surface area contributed by atoms with Crippen LogP contribution in [0, 0.1) is 5.82 Å². The summed E-state index contributed by atoms with van der Waals surface area (Å²) in [4.78, 5) is 12.5. The van der Waals surface area contributed by atoms with Crippen LogP contribution in [0.3, 0.4) is 0 Å². The van der Waals surface area contributed by atoms with E-state index in [1.165, 1.54) is 28.6 Å². The van der Waals surface area contributed by atoms with Gasteiger partial charge in [0.15, 0.2) is 0 Å². The summed E-state index contributed by atoms with van der Waals surface area (Å²) in [6.45, 7) is 2.25. The molecule has 0 fully saturated rings. The first-order chi connectivity index (χ1) is 14.4. The van der Waals surface area contributed by atoms with Gasteiger partial charge >= 0.3 is 0 Å². The molecule has 0 heterocycles. The molecule has 3 aromatic carbocycles. The van der Waals surface area contributed by atoms with Crippen LogP contribution < -0.4 is 9.62 Å². The Morgan fingerprint density at radius 1 is 0.967 bits per heavy atom. The molecule has 0 aliphatic heterocycles. The molecule has 0 spiro atoms. The Morgan fingerprint density at radius 3 is 2.37 bits per heavy atom. The molecular weight excluding hydrogens is 403 g/mol. The fourth-order valence-electron chi connectivity index (χ4n) is 3.12. The number of sulfonamides is 1. The maximum Gasteiger partial charge on any atom is 0.264 e. The van der Waals surface area contributed by atoms with Crippen LogP contribution in [0.4, 0.5) is 10.1 Å². The summed E-state index contributed by atoms with van der Waals surface area (Å²) >= 11 is 0. The lowest BCUT2D eigenvalue weighted by molar-refractivity contribution is 0.0954. The number of rotatable bonds is 8. The third kappa shape index (κ3) is 4.86. The number of hydrogen-bond acceptors (Lipinski definition) is 3. The van der Waals surface area contributed by atoms with Crippen LogP contribution in [0.1, 0.15) is 22.8 Å². The lowest BCUT2D eigenvalue weighted by atomic mass is 10.1. The van der Waals surface area contributed by atoms with Crippen molar-refractivity contribution in [3.63, 3.8) is 0 Å². The summed E-state index contributed by atoms with van der Waals surface area (Å²) in [6, 6.07) is 21.1. The average Bonchev–Trinajstić information content (AvgIpc) is 2.76. The van der Waals surface area contributed by atoms with Gasteiger partial charge in [-0.25, -0.2) is 12.8 Å². The van der Waals surface area contributed by atoms with Crippen LogP contribution in [-0.2, 0) is 16.4 Å². The standard InChI is InChI=1S/C23H23FN2O3S/c1-2-26(20-11-4-3-5-12-20)30(28,29)21-13-8-10-19(17-21)23(27)25-16-15-18-9-6-7-14-22(18)24/h3-14,17H,2,15-16H2,1H3,(H,25,27). The Bertz CT molecular complexity index is 1120. The Kier molecular flexibility index (Phi) is 6.84. The smallest absolute Gasteiger partial charge is 0.264 e. The monoisotopic (exact) mass is 426 g/mol. The van der Waals surface area contributed by atoms with E-state index in [0.29, 0.717) is 17.7 Å². The Balaban J connectivity index is 1.74. The predicted molar refractivity (Wildman–Crippen MR) is 116 cm³/mol. The molecule has 1 N–H and O–H groups in total. The number of carbonyl (C=O) groups is 1. The van der Waals surface area contributed by atoms with Gasteiger partial charge in [0, 0.05) is 18.7 Å². The number of hydrogen-bond donors (Lipinski definition) is 1. The summed E-state index contributed by atoms with van der Waals surface area (Å²) in [5.74, 6) is -0.730. The second-order valence-electron chi connectivity index (χ2n) is 6.63. The molecule has 1 amide bonds. The van der Waals surface area contributed by atoms with Crippen molar-refractivity contribution in [2.24, 2.45) is 0 Å². The highest BCUT2D eigenvalue weighted by Gasteiger charge is 2.24. The van der Waals surface area contributed by atoms with Crippen molar-refractivity contribution >= 4 is 21.6 Å². The molecule has 7 heteroatoms. The number of benzene rings is 3. The second-order valence-corrected chi connectivity index (χ2v) is 8.49. The van der Waals surface area contributed by atoms with E-state index in [1.807, 2.05) is 6.07 Å². The minimum Gasteiger partial charge on any atom is -0.352 e. The highest BCUT2D eigenvalue weighted by Crippen LogP contribution is 2.23. The summed E-state index contributed by atoms with van der Waals surface area (Å²) in [6.07, 6.45) is 0.341. The molecule has 0 aliphatic carbocycles. The zero-order chi connectivity index (χ0) is 21.6. The van der Waals surface area contributed by atoms with Gasteiger partial charge in [0.2, 0.25) is 0 Å². The van der Waals surface area contributed by atoms with Crippen molar-refractivity contribution in [2.75, 3.05) is 17.4 Å². The van der Waals surface area contributed by atoms with Crippen LogP contribution in [0.5, 0.6) is 0 Å². The van der Waals surface area contributed by atoms with Crippen molar-refractivity contribution in [3.8, 4) is 0 Å². The lowest BCUT2D eigenvalue weighted by Gasteiger charge is -2.23. The third-order valence-corrected chi connectivity index (χ3v) is 6.55. The normalized spacial score (nSPS) is 11.1. The van der Waals surface area contributed by atoms with Crippen LogP contribution in [0.25, 0.3) is 0 Å². The number of para-hydroxylation sites is 1. The molecule has 0 aliphatic rings. The van der Waals surface area contributed by atoms with E-state index in [2.05, 4.69) is 5.32 Å². The summed E-state index contributed by atoms with van der Waals surface area (Å²) in [5, 5.41) is 2.71. The fourth-order valence-corrected chi connectivity index (χ4v) is 4.64. The first-order valence-corrected chi connectivity index (χ1v) is 11.1. The van der Waals surface area contributed by atoms with E-state index >= 15 is 0 Å². The molecular formula is C23H23FN2O3S. The number of nitrogens with zero attached hydrogens (tertiary/aromatic N) is 1. The van der Waals surface area contributed by atoms with Crippen LogP contribution in [-0.4, -0.2) is 27.4 Å². The first kappa shape index (κ1) is 21.5. The molecule has 0 bridgehead atoms. The van der Waals surface area contributed by atoms with Crippen LogP contribution in [0.15, 0.2) is 83.8 Å². The van der Waals surface area contributed by atoms with E-state index in [9.17, 15) is 17.6 Å². The zero-order valence-corrected chi connectivity index (χ0v) is 17.4. The lowest BCUT2D eigenvalue weighted by Crippen LogP contribution is -2.31. The topological polar surface area (TPSA) is 66.5 Å². The van der Waals surface area contributed by atoms with E-state index in [1.54, 1.807) is 55.5 Å². The van der Waals surface area contributed by atoms with E-state index < -0.39 is 15.9 Å². The molecule has 3 aromatic rings. The van der Waals surface area contributed by atoms with Crippen molar-refractivity contribution in [1.29, 1.82) is 0 Å². The molecule has 0 aromatic heterocycles. The summed E-state index contributed by atoms with van der Waals surface area (Å²) in [7, 11) is -3.83. The van der Waals surface area contributed by atoms with E-state index in [4.69, 9.17) is 0 Å². The molecule has 156 valence electrons. The van der Waals surface area contributed by atoms with Gasteiger partial charge < -0.3 is 5.32 Å². The maximum atomic E-state index is 13.7. The van der Waals surface area contributed by atoms with Gasteiger partial charge in [-0.3, -0.25) is 9.10 Å². The molecule has 5 nitrogen and oxygen atoms in total. The molecule has 0 saturated heterocycles. The summed E-state index contributed by atoms with van der Waals surface area (Å²) in [5.41, 5.74) is 1.30. The SMILES string of the molecule is CCN(c1ccccc1)S(=O)(=O)c1cccc(C(=O)NCCc2ccccc2F)c1. The minimum atomic E-state index is -3.83. The third-order valence-electron chi connectivity index (χ3n) is 4.65. The number of nitrogens with one attached hydrogen (secondary N) is 1. The average molecular weight is 427 g/mol. The van der Waals surface area contributed by atoms with Crippen LogP contribution >= 0.6 is 0 Å². The van der Waals surface area contributed by atoms with Gasteiger partial charge in [0.1, 0.15) is 5.82 Å². The van der Waals surface area contributed by atoms with Crippen LogP contribution in [0.2, 0.25) is 0 Å². The fraction of sp³-hybridized carbons (Fsp3) is 0.174. The quantitative estimate of drug-likeness (QED) is 0.592. The predicted octanol–water partition coefficient (Wildman–Crippen LogP) is 4.01. The van der Waals surface area contributed by atoms with Crippen molar-refractivity contribution < 1.29 is 17.6 Å². The molecule has 0 radical (unpaired) electrons. The molecule has 0 unspecified atom stereocenters. The Labute approximate surface area is 176 Å². The van der Waals surface area contributed by atoms with Gasteiger partial charge in [-0.2, -0.15) is 0 Å². The molecule has 30 heavy (non-hydrogen) atoms. The number of carbonyl (C=O) groups excluding carboxylic acids is 1. The van der Waals surface area contributed by atoms with Gasteiger partial charge in [-0.05, 0) is 55.3 Å². The van der Waals surface area contributed by atoms with Crippen molar-refractivity contribution in [2.45, 2.75) is 18.2 Å². The van der Waals surface area contributed by atoms with Gasteiger partial charge in [0.25, 0.3) is 15.9 Å². The number of halogens is 1. The molecule has 3 rings (SSSR count). The van der Waals surface area contributed by atoms with E-state index in [0.717, 1.165) is 0 Å². The zero-order valence-electron chi connectivity index (χ0n) is 16.6. The second kappa shape index (κ2) is 9.54. The molecule has 0 atom stereocenters. The van der Waals surface area contributed by atoms with Gasteiger partial charge in [-0.1, -0.05) is 42.5 Å². The first-order valence-electron chi connectivity index (χ1n) is 9.63. The maximum absolute atomic E-state index is 13.7. The Morgan fingerprint density at radius 2 is 1.67 bits per heavy atom. The number of anilines is 1. The Hall–Kier alpha value is -3.19. The summed E-state index contributed by atoms with van der Waals surface area (Å²) < 4.78 is 41.2. The molecule has 0 saturated carbocycles. The van der Waals surface area contributed by atoms with Gasteiger partial charge in [0.05, 0.1) is 10.6 Å². The van der Waals surface area contributed by atoms with Crippen molar-refractivity contribution in [3.05, 3.63) is 95.8 Å². The highest BCUT2D eigenvalue weighted by molar-refractivity contribution is 7.92. The minimum absolute atomic E-state index is 0.0370. The largest absolute Gasteiger partial charge is 0.352 e. The van der Waals surface area contributed by atoms with Crippen molar-refractivity contribution in [1.82, 2.24) is 5.32 Å². The highest BCUT2D eigenvalue weighted by atomic mass is 32.2. The van der Waals surface area contributed by atoms with Gasteiger partial charge in [-0.15, -0.1) is 0 Å². The van der Waals surface area contributed by atoms with E-state index in [-0.39, 0.29) is 29.4 Å².